The molecular weight excluding hydrogens is 446 g/mol. The van der Waals surface area contributed by atoms with Crippen molar-refractivity contribution in [1.82, 2.24) is 9.62 Å². The smallest absolute Gasteiger partial charge is 0.329 e. The van der Waals surface area contributed by atoms with Crippen molar-refractivity contribution in [2.45, 2.75) is 49.3 Å². The number of carbonyl (C=O) groups excluding carboxylic acids is 3. The summed E-state index contributed by atoms with van der Waals surface area (Å²) in [6, 6.07) is 14.7. The van der Waals surface area contributed by atoms with E-state index in [1.54, 1.807) is 18.2 Å². The normalized spacial score (nSPS) is 16.8. The highest BCUT2D eigenvalue weighted by atomic mass is 32.2. The number of primary amides is 1. The van der Waals surface area contributed by atoms with Gasteiger partial charge in [0.2, 0.25) is 21.8 Å². The van der Waals surface area contributed by atoms with E-state index in [0.717, 1.165) is 5.56 Å². The number of nitrogens with two attached hydrogens (primary N) is 1. The number of ether oxygens (including phenoxy) is 1. The number of benzene rings is 2. The zero-order valence-electron chi connectivity index (χ0n) is 18.1. The van der Waals surface area contributed by atoms with Gasteiger partial charge in [0.25, 0.3) is 0 Å². The van der Waals surface area contributed by atoms with Crippen molar-refractivity contribution in [3.63, 3.8) is 0 Å². The van der Waals surface area contributed by atoms with Crippen LogP contribution in [0.25, 0.3) is 0 Å². The summed E-state index contributed by atoms with van der Waals surface area (Å²) in [5, 5.41) is 0. The molecule has 33 heavy (non-hydrogen) atoms. The summed E-state index contributed by atoms with van der Waals surface area (Å²) < 4.78 is 33.4. The molecule has 0 spiro atoms. The van der Waals surface area contributed by atoms with Crippen molar-refractivity contribution in [2.75, 3.05) is 6.54 Å². The molecule has 176 valence electrons. The Morgan fingerprint density at radius 2 is 1.70 bits per heavy atom. The van der Waals surface area contributed by atoms with Crippen LogP contribution in [-0.4, -0.2) is 49.7 Å². The Bertz CT molecular complexity index is 1080. The van der Waals surface area contributed by atoms with Gasteiger partial charge in [-0.05, 0) is 37.0 Å². The Balaban J connectivity index is 1.73. The number of esters is 1. The average Bonchev–Trinajstić information content (AvgIpc) is 3.31. The Labute approximate surface area is 193 Å². The van der Waals surface area contributed by atoms with Crippen molar-refractivity contribution in [1.29, 1.82) is 0 Å². The highest BCUT2D eigenvalue weighted by Crippen LogP contribution is 2.22. The summed E-state index contributed by atoms with van der Waals surface area (Å²) in [5.41, 5.74) is 6.04. The van der Waals surface area contributed by atoms with E-state index < -0.39 is 39.9 Å². The number of hydrogen-bond acceptors (Lipinski definition) is 6. The lowest BCUT2D eigenvalue weighted by molar-refractivity contribution is -0.155. The third-order valence-corrected chi connectivity index (χ3v) is 6.85. The van der Waals surface area contributed by atoms with Gasteiger partial charge in [0.05, 0.1) is 4.90 Å². The first-order chi connectivity index (χ1) is 15.8. The number of likely N-dealkylation sites (tertiary alicyclic amines) is 1. The highest BCUT2D eigenvalue weighted by Gasteiger charge is 2.39. The van der Waals surface area contributed by atoms with E-state index in [0.29, 0.717) is 12.8 Å². The van der Waals surface area contributed by atoms with Gasteiger partial charge in [0, 0.05) is 13.0 Å². The monoisotopic (exact) mass is 473 g/mol. The number of amides is 2. The fraction of sp³-hybridized carbons (Fsp3) is 0.348. The summed E-state index contributed by atoms with van der Waals surface area (Å²) in [6.07, 6.45) is 0.672. The van der Waals surface area contributed by atoms with E-state index >= 15 is 0 Å². The Kier molecular flexibility index (Phi) is 8.18. The molecule has 0 unspecified atom stereocenters. The van der Waals surface area contributed by atoms with Crippen LogP contribution in [0.15, 0.2) is 65.6 Å². The van der Waals surface area contributed by atoms with E-state index in [-0.39, 0.29) is 30.9 Å². The van der Waals surface area contributed by atoms with Gasteiger partial charge in [-0.1, -0.05) is 48.5 Å². The second-order valence-electron chi connectivity index (χ2n) is 7.77. The number of nitrogens with one attached hydrogen (secondary N) is 1. The fourth-order valence-electron chi connectivity index (χ4n) is 3.67. The molecule has 0 saturated carbocycles. The number of hydrogen-bond donors (Lipinski definition) is 2. The van der Waals surface area contributed by atoms with Crippen LogP contribution in [0.4, 0.5) is 0 Å². The molecule has 1 saturated heterocycles. The molecule has 10 heteroatoms. The number of carbonyl (C=O) groups is 3. The molecule has 0 radical (unpaired) electrons. The van der Waals surface area contributed by atoms with Gasteiger partial charge >= 0.3 is 5.97 Å². The molecule has 3 rings (SSSR count). The van der Waals surface area contributed by atoms with Crippen LogP contribution in [-0.2, 0) is 35.8 Å². The summed E-state index contributed by atoms with van der Waals surface area (Å²) >= 11 is 0. The molecule has 2 atom stereocenters. The summed E-state index contributed by atoms with van der Waals surface area (Å²) in [6.45, 7) is 0.355. The summed E-state index contributed by atoms with van der Waals surface area (Å²) in [4.78, 5) is 38.6. The van der Waals surface area contributed by atoms with Gasteiger partial charge in [-0.15, -0.1) is 0 Å². The molecule has 2 aromatic carbocycles. The molecule has 2 amide bonds. The first kappa shape index (κ1) is 24.4. The third kappa shape index (κ3) is 6.62. The lowest BCUT2D eigenvalue weighted by atomic mass is 10.1. The number of sulfonamides is 1. The van der Waals surface area contributed by atoms with Crippen LogP contribution in [0, 0.1) is 0 Å². The second-order valence-corrected chi connectivity index (χ2v) is 9.49. The van der Waals surface area contributed by atoms with Gasteiger partial charge in [-0.3, -0.25) is 9.59 Å². The predicted molar refractivity (Wildman–Crippen MR) is 120 cm³/mol. The maximum Gasteiger partial charge on any atom is 0.329 e. The topological polar surface area (TPSA) is 136 Å². The maximum atomic E-state index is 13.3. The Hall–Kier alpha value is -3.24. The van der Waals surface area contributed by atoms with Gasteiger partial charge in [0.1, 0.15) is 18.7 Å². The first-order valence-electron chi connectivity index (χ1n) is 10.6. The van der Waals surface area contributed by atoms with Gasteiger partial charge in [-0.25, -0.2) is 13.2 Å². The number of nitrogens with zero attached hydrogens (tertiary/aromatic N) is 1. The molecule has 0 bridgehead atoms. The Morgan fingerprint density at radius 3 is 2.33 bits per heavy atom. The van der Waals surface area contributed by atoms with Crippen molar-refractivity contribution >= 4 is 27.8 Å². The summed E-state index contributed by atoms with van der Waals surface area (Å²) in [7, 11) is -4.03. The molecule has 9 nitrogen and oxygen atoms in total. The maximum absolute atomic E-state index is 13.3. The van der Waals surface area contributed by atoms with Gasteiger partial charge in [0.15, 0.2) is 0 Å². The van der Waals surface area contributed by atoms with Crippen LogP contribution in [0.5, 0.6) is 0 Å². The Morgan fingerprint density at radius 1 is 1.06 bits per heavy atom. The standard InChI is InChI=1S/C23H27N3O6S/c24-21(27)14-13-19(25-33(30,31)18-10-5-2-6-11-18)22(28)26-15-7-12-20(26)23(29)32-16-17-8-3-1-4-9-17/h1-6,8-11,19-20,25H,7,12-16H2,(H2,24,27)/t19-,20-/m0/s1. The fourth-order valence-corrected chi connectivity index (χ4v) is 4.92. The van der Waals surface area contributed by atoms with Crippen molar-refractivity contribution in [3.8, 4) is 0 Å². The highest BCUT2D eigenvalue weighted by molar-refractivity contribution is 7.89. The first-order valence-corrected chi connectivity index (χ1v) is 12.1. The molecule has 3 N–H and O–H groups in total. The van der Waals surface area contributed by atoms with Gasteiger partial charge in [-0.2, -0.15) is 4.72 Å². The third-order valence-electron chi connectivity index (χ3n) is 5.36. The van der Waals surface area contributed by atoms with E-state index in [9.17, 15) is 22.8 Å². The molecule has 2 aromatic rings. The minimum Gasteiger partial charge on any atom is -0.459 e. The van der Waals surface area contributed by atoms with Crippen molar-refractivity contribution in [3.05, 3.63) is 66.2 Å². The lowest BCUT2D eigenvalue weighted by Crippen LogP contribution is -2.52. The minimum absolute atomic E-state index is 0.0119. The minimum atomic E-state index is -4.03. The quantitative estimate of drug-likeness (QED) is 0.500. The van der Waals surface area contributed by atoms with Crippen LogP contribution in [0.3, 0.4) is 0 Å². The SMILES string of the molecule is NC(=O)CC[C@H](NS(=O)(=O)c1ccccc1)C(=O)N1CCC[C@H]1C(=O)OCc1ccccc1. The van der Waals surface area contributed by atoms with Crippen molar-refractivity contribution < 1.29 is 27.5 Å². The van der Waals surface area contributed by atoms with Crippen LogP contribution in [0.2, 0.25) is 0 Å². The second kappa shape index (κ2) is 11.1. The lowest BCUT2D eigenvalue weighted by Gasteiger charge is -2.28. The van der Waals surface area contributed by atoms with Gasteiger partial charge < -0.3 is 15.4 Å². The zero-order chi connectivity index (χ0) is 23.8. The average molecular weight is 474 g/mol. The molecule has 0 aromatic heterocycles. The van der Waals surface area contributed by atoms with E-state index in [2.05, 4.69) is 4.72 Å². The molecular formula is C23H27N3O6S. The molecule has 0 aliphatic carbocycles. The van der Waals surface area contributed by atoms with Crippen LogP contribution in [0.1, 0.15) is 31.2 Å². The van der Waals surface area contributed by atoms with E-state index in [4.69, 9.17) is 10.5 Å². The largest absolute Gasteiger partial charge is 0.459 e. The molecule has 1 aliphatic heterocycles. The molecule has 1 aliphatic rings. The van der Waals surface area contributed by atoms with Crippen LogP contribution < -0.4 is 10.5 Å². The van der Waals surface area contributed by atoms with Crippen LogP contribution >= 0.6 is 0 Å². The van der Waals surface area contributed by atoms with E-state index in [1.165, 1.54) is 17.0 Å². The van der Waals surface area contributed by atoms with Crippen molar-refractivity contribution in [2.24, 2.45) is 5.73 Å². The molecule has 1 heterocycles. The summed E-state index contributed by atoms with van der Waals surface area (Å²) in [5.74, 6) is -1.80. The molecule has 1 fully saturated rings. The predicted octanol–water partition coefficient (Wildman–Crippen LogP) is 1.33. The number of rotatable bonds is 10. The zero-order valence-corrected chi connectivity index (χ0v) is 18.9. The van der Waals surface area contributed by atoms with E-state index in [1.807, 2.05) is 30.3 Å².